The summed E-state index contributed by atoms with van der Waals surface area (Å²) in [5, 5.41) is 36.9. The fourth-order valence-corrected chi connectivity index (χ4v) is 4.33. The van der Waals surface area contributed by atoms with Gasteiger partial charge >= 0.3 is 0 Å². The van der Waals surface area contributed by atoms with Crippen molar-refractivity contribution in [3.63, 3.8) is 0 Å². The number of hydrogen-bond acceptors (Lipinski definition) is 8. The van der Waals surface area contributed by atoms with Crippen LogP contribution in [0.25, 0.3) is 0 Å². The molecule has 3 rings (SSSR count). The van der Waals surface area contributed by atoms with Crippen molar-refractivity contribution >= 4 is 29.3 Å². The molecule has 10 heteroatoms. The SMILES string of the molecule is CCCNC(=O)c1cc(Oc2cc(C)c(O)cc2NC(=O)COc2ccc(C)cc2C)c(O)c(O)c1SC. The lowest BCUT2D eigenvalue weighted by molar-refractivity contribution is -0.118. The van der Waals surface area contributed by atoms with Gasteiger partial charge in [0, 0.05) is 12.6 Å². The molecule has 0 atom stereocenters. The number of carbonyl (C=O) groups excluding carboxylic acids is 2. The predicted octanol–water partition coefficient (Wildman–Crippen LogP) is 5.40. The van der Waals surface area contributed by atoms with E-state index in [1.54, 1.807) is 19.2 Å². The van der Waals surface area contributed by atoms with Crippen LogP contribution in [0.4, 0.5) is 5.69 Å². The molecule has 0 aliphatic heterocycles. The minimum absolute atomic E-state index is 0.0756. The van der Waals surface area contributed by atoms with E-state index in [9.17, 15) is 24.9 Å². The second-order valence-electron chi connectivity index (χ2n) is 8.75. The number of anilines is 1. The van der Waals surface area contributed by atoms with E-state index in [0.717, 1.165) is 29.3 Å². The molecule has 0 spiro atoms. The number of aryl methyl sites for hydroxylation is 3. The van der Waals surface area contributed by atoms with Crippen LogP contribution in [0.5, 0.6) is 34.5 Å². The van der Waals surface area contributed by atoms with Gasteiger partial charge in [-0.3, -0.25) is 9.59 Å². The molecule has 9 nitrogen and oxygen atoms in total. The summed E-state index contributed by atoms with van der Waals surface area (Å²) in [6.45, 7) is 7.52. The summed E-state index contributed by atoms with van der Waals surface area (Å²) >= 11 is 1.10. The number of phenolic OH excluding ortho intramolecular Hbond substituents is 3. The highest BCUT2D eigenvalue weighted by molar-refractivity contribution is 7.98. The lowest BCUT2D eigenvalue weighted by Gasteiger charge is -2.18. The Bertz CT molecular complexity index is 1360. The number of carbonyl (C=O) groups is 2. The van der Waals surface area contributed by atoms with E-state index in [4.69, 9.17) is 9.47 Å². The van der Waals surface area contributed by atoms with E-state index in [1.165, 1.54) is 18.2 Å². The third-order valence-corrected chi connectivity index (χ3v) is 6.48. The maximum absolute atomic E-state index is 12.7. The van der Waals surface area contributed by atoms with Crippen LogP contribution in [0.1, 0.15) is 40.4 Å². The predicted molar refractivity (Wildman–Crippen MR) is 147 cm³/mol. The third kappa shape index (κ3) is 6.63. The van der Waals surface area contributed by atoms with Gasteiger partial charge < -0.3 is 35.4 Å². The van der Waals surface area contributed by atoms with Gasteiger partial charge in [-0.2, -0.15) is 0 Å². The molecular weight excluding hydrogens is 508 g/mol. The highest BCUT2D eigenvalue weighted by atomic mass is 32.2. The smallest absolute Gasteiger partial charge is 0.262 e. The number of benzene rings is 3. The van der Waals surface area contributed by atoms with Crippen LogP contribution in [0.2, 0.25) is 0 Å². The average molecular weight is 541 g/mol. The molecule has 0 saturated heterocycles. The van der Waals surface area contributed by atoms with Crippen molar-refractivity contribution < 1.29 is 34.4 Å². The van der Waals surface area contributed by atoms with Gasteiger partial charge in [0.05, 0.1) is 16.1 Å². The molecule has 0 heterocycles. The van der Waals surface area contributed by atoms with Crippen molar-refractivity contribution in [2.45, 2.75) is 39.0 Å². The first kappa shape index (κ1) is 28.5. The Labute approximate surface area is 225 Å². The van der Waals surface area contributed by atoms with E-state index in [-0.39, 0.29) is 40.0 Å². The number of rotatable bonds is 10. The quantitative estimate of drug-likeness (QED) is 0.170. The summed E-state index contributed by atoms with van der Waals surface area (Å²) in [6.07, 6.45) is 2.39. The maximum Gasteiger partial charge on any atom is 0.262 e. The number of aromatic hydroxyl groups is 3. The Hall–Kier alpha value is -4.05. The zero-order chi connectivity index (χ0) is 28.0. The maximum atomic E-state index is 12.7. The zero-order valence-corrected chi connectivity index (χ0v) is 22.8. The Morgan fingerprint density at radius 1 is 0.921 bits per heavy atom. The van der Waals surface area contributed by atoms with Crippen molar-refractivity contribution in [1.29, 1.82) is 0 Å². The molecule has 2 amide bonds. The fraction of sp³-hybridized carbons (Fsp3) is 0.286. The summed E-state index contributed by atoms with van der Waals surface area (Å²) in [5.74, 6) is -1.66. The van der Waals surface area contributed by atoms with Crippen LogP contribution in [-0.2, 0) is 4.79 Å². The molecule has 0 radical (unpaired) electrons. The van der Waals surface area contributed by atoms with Crippen LogP contribution in [0.15, 0.2) is 41.3 Å². The molecule has 0 unspecified atom stereocenters. The molecule has 202 valence electrons. The second-order valence-corrected chi connectivity index (χ2v) is 9.57. The van der Waals surface area contributed by atoms with Crippen molar-refractivity contribution in [2.75, 3.05) is 24.7 Å². The van der Waals surface area contributed by atoms with E-state index in [0.29, 0.717) is 17.9 Å². The first-order chi connectivity index (χ1) is 18.0. The van der Waals surface area contributed by atoms with Crippen LogP contribution in [0.3, 0.4) is 0 Å². The van der Waals surface area contributed by atoms with Gasteiger partial charge in [-0.25, -0.2) is 0 Å². The molecule has 3 aromatic rings. The largest absolute Gasteiger partial charge is 0.508 e. The van der Waals surface area contributed by atoms with E-state index >= 15 is 0 Å². The van der Waals surface area contributed by atoms with Gasteiger partial charge in [0.1, 0.15) is 11.5 Å². The van der Waals surface area contributed by atoms with Crippen LogP contribution >= 0.6 is 11.8 Å². The molecule has 0 fully saturated rings. The van der Waals surface area contributed by atoms with Crippen LogP contribution in [0, 0.1) is 20.8 Å². The minimum atomic E-state index is -0.567. The highest BCUT2D eigenvalue weighted by Crippen LogP contribution is 2.47. The van der Waals surface area contributed by atoms with Gasteiger partial charge in [0.2, 0.25) is 5.75 Å². The second kappa shape index (κ2) is 12.5. The molecule has 0 aliphatic rings. The Balaban J connectivity index is 1.90. The summed E-state index contributed by atoms with van der Waals surface area (Å²) in [7, 11) is 0. The zero-order valence-electron chi connectivity index (χ0n) is 22.0. The van der Waals surface area contributed by atoms with Crippen molar-refractivity contribution in [3.8, 4) is 34.5 Å². The first-order valence-corrected chi connectivity index (χ1v) is 13.2. The number of hydrogen-bond donors (Lipinski definition) is 5. The van der Waals surface area contributed by atoms with Gasteiger partial charge in [-0.05, 0) is 62.8 Å². The molecule has 5 N–H and O–H groups in total. The monoisotopic (exact) mass is 540 g/mol. The van der Waals surface area contributed by atoms with Gasteiger partial charge in [0.15, 0.2) is 23.9 Å². The highest BCUT2D eigenvalue weighted by Gasteiger charge is 2.23. The van der Waals surface area contributed by atoms with Crippen molar-refractivity contribution in [3.05, 3.63) is 58.7 Å². The lowest BCUT2D eigenvalue weighted by atomic mass is 10.1. The lowest BCUT2D eigenvalue weighted by Crippen LogP contribution is -2.24. The summed E-state index contributed by atoms with van der Waals surface area (Å²) in [4.78, 5) is 25.6. The number of nitrogens with one attached hydrogen (secondary N) is 2. The van der Waals surface area contributed by atoms with E-state index < -0.39 is 23.3 Å². The summed E-state index contributed by atoms with van der Waals surface area (Å²) in [5.41, 5.74) is 2.63. The molecule has 0 aliphatic carbocycles. The fourth-order valence-electron chi connectivity index (χ4n) is 3.67. The Morgan fingerprint density at radius 2 is 1.66 bits per heavy atom. The average Bonchev–Trinajstić information content (AvgIpc) is 2.87. The third-order valence-electron chi connectivity index (χ3n) is 5.66. The van der Waals surface area contributed by atoms with Crippen LogP contribution in [-0.4, -0.2) is 46.5 Å². The number of thioether (sulfide) groups is 1. The molecule has 0 aromatic heterocycles. The molecule has 0 saturated carbocycles. The van der Waals surface area contributed by atoms with E-state index in [2.05, 4.69) is 10.6 Å². The summed E-state index contributed by atoms with van der Waals surface area (Å²) < 4.78 is 11.5. The van der Waals surface area contributed by atoms with Gasteiger partial charge in [-0.15, -0.1) is 11.8 Å². The first-order valence-electron chi connectivity index (χ1n) is 12.0. The van der Waals surface area contributed by atoms with Gasteiger partial charge in [-0.1, -0.05) is 24.6 Å². The molecule has 0 bridgehead atoms. The topological polar surface area (TPSA) is 137 Å². The van der Waals surface area contributed by atoms with Crippen molar-refractivity contribution in [1.82, 2.24) is 5.32 Å². The Morgan fingerprint density at radius 3 is 2.32 bits per heavy atom. The van der Waals surface area contributed by atoms with E-state index in [1.807, 2.05) is 32.9 Å². The molecular formula is C28H32N2O7S. The number of ether oxygens (including phenoxy) is 2. The summed E-state index contributed by atoms with van der Waals surface area (Å²) in [6, 6.07) is 9.70. The minimum Gasteiger partial charge on any atom is -0.508 e. The Kier molecular flexibility index (Phi) is 9.35. The number of amides is 2. The van der Waals surface area contributed by atoms with Gasteiger partial charge in [0.25, 0.3) is 11.8 Å². The normalized spacial score (nSPS) is 10.7. The standard InChI is InChI=1S/C28H32N2O7S/c1-6-9-29-28(35)18-12-23(25(33)26(34)27(18)38-5)37-22-11-16(3)20(31)13-19(22)30-24(32)14-36-21-8-7-15(2)10-17(21)4/h7-8,10-13,31,33-34H,6,9,14H2,1-5H3,(H,29,35)(H,30,32). The van der Waals surface area contributed by atoms with Crippen molar-refractivity contribution in [2.24, 2.45) is 0 Å². The number of phenols is 3. The molecule has 3 aromatic carbocycles. The molecule has 38 heavy (non-hydrogen) atoms. The van der Waals surface area contributed by atoms with Crippen LogP contribution < -0.4 is 20.1 Å².